The zero-order chi connectivity index (χ0) is 27.2. The number of ether oxygens (including phenoxy) is 2. The first-order valence-corrected chi connectivity index (χ1v) is 16.6. The number of carbonyl (C=O) groups excluding carboxylic acids is 1. The fourth-order valence-electron chi connectivity index (χ4n) is 4.94. The highest BCUT2D eigenvalue weighted by molar-refractivity contribution is 6.74. The molecule has 5 heteroatoms. The number of carbonyl (C=O) groups is 1. The molecule has 1 fully saturated rings. The van der Waals surface area contributed by atoms with E-state index in [1.807, 2.05) is 26.8 Å². The van der Waals surface area contributed by atoms with Gasteiger partial charge in [-0.05, 0) is 69.8 Å². The van der Waals surface area contributed by atoms with Gasteiger partial charge >= 0.3 is 0 Å². The topological polar surface area (TPSA) is 44.8 Å². The largest absolute Gasteiger partial charge is 0.414 e. The minimum absolute atomic E-state index is 0.0710. The summed E-state index contributed by atoms with van der Waals surface area (Å²) >= 11 is 0. The number of rotatable bonds is 12. The molecule has 0 radical (unpaired) electrons. The molecule has 4 nitrogen and oxygen atoms in total. The van der Waals surface area contributed by atoms with E-state index in [1.165, 1.54) is 24.8 Å². The number of aldehydes is 1. The van der Waals surface area contributed by atoms with Crippen molar-refractivity contribution in [2.45, 2.75) is 150 Å². The summed E-state index contributed by atoms with van der Waals surface area (Å²) in [5.41, 5.74) is 1.72. The molecule has 1 aliphatic heterocycles. The van der Waals surface area contributed by atoms with Gasteiger partial charge in [-0.25, -0.2) is 0 Å². The van der Waals surface area contributed by atoms with Crippen LogP contribution in [0.15, 0.2) is 23.3 Å². The summed E-state index contributed by atoms with van der Waals surface area (Å²) in [5, 5.41) is 0.196. The van der Waals surface area contributed by atoms with Crippen LogP contribution in [0.2, 0.25) is 18.1 Å². The lowest BCUT2D eigenvalue weighted by molar-refractivity contribution is -0.339. The molecule has 0 aliphatic carbocycles. The highest BCUT2D eigenvalue weighted by Crippen LogP contribution is 2.46. The van der Waals surface area contributed by atoms with Gasteiger partial charge in [-0.3, -0.25) is 4.79 Å². The molecule has 0 aromatic heterocycles. The molecular weight excluding hydrogens is 452 g/mol. The molecule has 0 amide bonds. The zero-order valence-electron chi connectivity index (χ0n) is 25.2. The maximum Gasteiger partial charge on any atom is 0.192 e. The van der Waals surface area contributed by atoms with Gasteiger partial charge in [0, 0.05) is 17.4 Å². The molecule has 0 aromatic rings. The monoisotopic (exact) mass is 508 g/mol. The standard InChI is InChI=1S/C30H56O4Si/c1-14-15-16-17-25(34-35(12,13)28(5,6)7)19-18-23(3)26-29(8,9)27(33-30(10,11)32-26)24(4)20-22(2)21-31/h18,20-21,24-27H,14-17,19H2,1-13H3/b22-20+,23-18+/t24-,25-,26-,27+/m1/s1. The fraction of sp³-hybridized carbons (Fsp3) is 0.833. The van der Waals surface area contributed by atoms with Crippen LogP contribution in [-0.4, -0.2) is 38.7 Å². The average Bonchev–Trinajstić information content (AvgIpc) is 2.72. The first-order chi connectivity index (χ1) is 15.9. The Balaban J connectivity index is 3.19. The van der Waals surface area contributed by atoms with Gasteiger partial charge in [0.2, 0.25) is 0 Å². The molecule has 0 aromatic carbocycles. The molecule has 0 unspecified atom stereocenters. The molecule has 1 rings (SSSR count). The molecule has 35 heavy (non-hydrogen) atoms. The van der Waals surface area contributed by atoms with Crippen molar-refractivity contribution in [1.82, 2.24) is 0 Å². The van der Waals surface area contributed by atoms with E-state index in [4.69, 9.17) is 13.9 Å². The van der Waals surface area contributed by atoms with Crippen molar-refractivity contribution in [3.63, 3.8) is 0 Å². The summed E-state index contributed by atoms with van der Waals surface area (Å²) in [6, 6.07) is 0. The van der Waals surface area contributed by atoms with Gasteiger partial charge in [-0.2, -0.15) is 0 Å². The van der Waals surface area contributed by atoms with Crippen LogP contribution >= 0.6 is 0 Å². The maximum atomic E-state index is 11.2. The quantitative estimate of drug-likeness (QED) is 0.0870. The summed E-state index contributed by atoms with van der Waals surface area (Å²) in [4.78, 5) is 11.2. The molecule has 1 heterocycles. The van der Waals surface area contributed by atoms with E-state index in [0.29, 0.717) is 0 Å². The Kier molecular flexibility index (Phi) is 11.7. The van der Waals surface area contributed by atoms with Crippen LogP contribution in [0.1, 0.15) is 108 Å². The number of unbranched alkanes of at least 4 members (excludes halogenated alkanes) is 2. The van der Waals surface area contributed by atoms with Gasteiger partial charge in [0.25, 0.3) is 0 Å². The molecule has 1 aliphatic rings. The van der Waals surface area contributed by atoms with Gasteiger partial charge in [-0.15, -0.1) is 0 Å². The number of hydrogen-bond donors (Lipinski definition) is 0. The van der Waals surface area contributed by atoms with Gasteiger partial charge < -0.3 is 13.9 Å². The van der Waals surface area contributed by atoms with Crippen LogP contribution in [0.3, 0.4) is 0 Å². The van der Waals surface area contributed by atoms with Crippen molar-refractivity contribution in [1.29, 1.82) is 0 Å². The predicted molar refractivity (Wildman–Crippen MR) is 151 cm³/mol. The molecular formula is C30H56O4Si. The normalized spacial score (nSPS) is 25.3. The summed E-state index contributed by atoms with van der Waals surface area (Å²) in [6.07, 6.45) is 11.1. The minimum atomic E-state index is -1.85. The Hall–Kier alpha value is -0.753. The Morgan fingerprint density at radius 3 is 2.20 bits per heavy atom. The van der Waals surface area contributed by atoms with Crippen molar-refractivity contribution in [3.05, 3.63) is 23.3 Å². The molecule has 1 saturated heterocycles. The van der Waals surface area contributed by atoms with Crippen molar-refractivity contribution < 1.29 is 18.7 Å². The third kappa shape index (κ3) is 9.25. The van der Waals surface area contributed by atoms with Crippen molar-refractivity contribution in [2.75, 3.05) is 0 Å². The Morgan fingerprint density at radius 2 is 1.69 bits per heavy atom. The molecule has 0 bridgehead atoms. The second-order valence-electron chi connectivity index (χ2n) is 13.3. The van der Waals surface area contributed by atoms with E-state index >= 15 is 0 Å². The van der Waals surface area contributed by atoms with E-state index < -0.39 is 14.1 Å². The van der Waals surface area contributed by atoms with Crippen LogP contribution in [0.25, 0.3) is 0 Å². The molecule has 0 N–H and O–H groups in total. The Morgan fingerprint density at radius 1 is 1.09 bits per heavy atom. The first-order valence-electron chi connectivity index (χ1n) is 13.7. The van der Waals surface area contributed by atoms with Crippen molar-refractivity contribution in [2.24, 2.45) is 11.3 Å². The average molecular weight is 509 g/mol. The van der Waals surface area contributed by atoms with Gasteiger partial charge in [-0.1, -0.05) is 79.9 Å². The van der Waals surface area contributed by atoms with Crippen LogP contribution in [0.5, 0.6) is 0 Å². The van der Waals surface area contributed by atoms with Gasteiger partial charge in [0.1, 0.15) is 6.29 Å². The number of allylic oxidation sites excluding steroid dienone is 1. The predicted octanol–water partition coefficient (Wildman–Crippen LogP) is 8.62. The van der Waals surface area contributed by atoms with Crippen molar-refractivity contribution >= 4 is 14.6 Å². The Labute approximate surface area is 218 Å². The van der Waals surface area contributed by atoms with E-state index in [1.54, 1.807) is 0 Å². The van der Waals surface area contributed by atoms with E-state index in [-0.39, 0.29) is 34.7 Å². The SMILES string of the molecule is CCCCC[C@H](C/C=C(\C)[C@H]1OC(C)(C)O[C@@H]([C@H](C)/C=C(\C)C=O)C1(C)C)O[Si](C)(C)C(C)(C)C. The van der Waals surface area contributed by atoms with E-state index in [9.17, 15) is 4.79 Å². The lowest BCUT2D eigenvalue weighted by Gasteiger charge is -2.53. The lowest BCUT2D eigenvalue weighted by atomic mass is 9.71. The van der Waals surface area contributed by atoms with Crippen LogP contribution in [0, 0.1) is 11.3 Å². The summed E-state index contributed by atoms with van der Waals surface area (Å²) in [5.74, 6) is -0.604. The number of hydrogen-bond acceptors (Lipinski definition) is 4. The zero-order valence-corrected chi connectivity index (χ0v) is 26.2. The minimum Gasteiger partial charge on any atom is -0.414 e. The van der Waals surface area contributed by atoms with Crippen LogP contribution in [0.4, 0.5) is 0 Å². The highest BCUT2D eigenvalue weighted by Gasteiger charge is 2.50. The second-order valence-corrected chi connectivity index (χ2v) is 18.1. The third-order valence-corrected chi connectivity index (χ3v) is 12.5. The van der Waals surface area contributed by atoms with E-state index in [2.05, 4.69) is 74.6 Å². The second kappa shape index (κ2) is 12.7. The summed E-state index contributed by atoms with van der Waals surface area (Å²) < 4.78 is 19.9. The molecule has 0 saturated carbocycles. The summed E-state index contributed by atoms with van der Waals surface area (Å²) in [7, 11) is -1.85. The molecule has 4 atom stereocenters. The fourth-order valence-corrected chi connectivity index (χ4v) is 6.34. The lowest BCUT2D eigenvalue weighted by Crippen LogP contribution is -2.58. The molecule has 0 spiro atoms. The highest BCUT2D eigenvalue weighted by atomic mass is 28.4. The smallest absolute Gasteiger partial charge is 0.192 e. The summed E-state index contributed by atoms with van der Waals surface area (Å²) in [6.45, 7) is 28.5. The maximum absolute atomic E-state index is 11.2. The third-order valence-electron chi connectivity index (χ3n) is 7.92. The van der Waals surface area contributed by atoms with Gasteiger partial charge in [0.05, 0.1) is 12.2 Å². The first kappa shape index (κ1) is 32.3. The van der Waals surface area contributed by atoms with Crippen LogP contribution < -0.4 is 0 Å². The van der Waals surface area contributed by atoms with Crippen molar-refractivity contribution in [3.8, 4) is 0 Å². The molecule has 204 valence electrons. The Bertz CT molecular complexity index is 742. The van der Waals surface area contributed by atoms with Crippen LogP contribution in [-0.2, 0) is 18.7 Å². The van der Waals surface area contributed by atoms with Gasteiger partial charge in [0.15, 0.2) is 14.1 Å². The van der Waals surface area contributed by atoms with E-state index in [0.717, 1.165) is 24.7 Å².